The van der Waals surface area contributed by atoms with E-state index in [1.54, 1.807) is 24.5 Å². The van der Waals surface area contributed by atoms with Gasteiger partial charge in [0.2, 0.25) is 5.95 Å². The van der Waals surface area contributed by atoms with E-state index < -0.39 is 0 Å². The van der Waals surface area contributed by atoms with Gasteiger partial charge >= 0.3 is 0 Å². The van der Waals surface area contributed by atoms with Crippen LogP contribution in [0.3, 0.4) is 0 Å². The van der Waals surface area contributed by atoms with E-state index in [2.05, 4.69) is 48.2 Å². The predicted octanol–water partition coefficient (Wildman–Crippen LogP) is 4.45. The summed E-state index contributed by atoms with van der Waals surface area (Å²) in [5.74, 6) is 0.610. The minimum Gasteiger partial charge on any atom is -0.394 e. The molecule has 2 aromatic heterocycles. The molecular weight excluding hydrogens is 472 g/mol. The van der Waals surface area contributed by atoms with E-state index in [0.717, 1.165) is 9.13 Å². The third-order valence-corrected chi connectivity index (χ3v) is 4.86. The topological polar surface area (TPSA) is 83.0 Å². The largest absolute Gasteiger partial charge is 0.394 e. The number of anilines is 3. The predicted molar refractivity (Wildman–Crippen MR) is 117 cm³/mol. The molecule has 0 saturated heterocycles. The summed E-state index contributed by atoms with van der Waals surface area (Å²) < 4.78 is 15.1. The molecule has 0 aliphatic rings. The Bertz CT molecular complexity index is 939. The number of aromatic nitrogens is 3. The first-order valence-corrected chi connectivity index (χ1v) is 9.93. The molecule has 1 atom stereocenters. The fourth-order valence-corrected chi connectivity index (χ4v) is 3.01. The number of halogens is 2. The summed E-state index contributed by atoms with van der Waals surface area (Å²) in [7, 11) is 0. The molecule has 0 aliphatic carbocycles. The fraction of sp³-hybridized carbons (Fsp3) is 0.250. The molecule has 0 bridgehead atoms. The summed E-state index contributed by atoms with van der Waals surface area (Å²) in [6.07, 6.45) is 3.39. The van der Waals surface area contributed by atoms with E-state index in [0.29, 0.717) is 23.1 Å². The van der Waals surface area contributed by atoms with E-state index in [1.807, 2.05) is 32.0 Å². The van der Waals surface area contributed by atoms with Crippen LogP contribution >= 0.6 is 22.6 Å². The van der Waals surface area contributed by atoms with Gasteiger partial charge in [-0.1, -0.05) is 13.8 Å². The standard InChI is InChI=1S/C20H21FIN5O/c1-12(2)18(11-28)26-20-25-17(13-4-3-7-23-10-13)9-19(27-20)24-16-6-5-14(22)8-15(16)21/h3-10,12,18,28H,11H2,1-2H3,(H2,24,25,26,27)/t18-/m1/s1. The van der Waals surface area contributed by atoms with Crippen LogP contribution in [0.5, 0.6) is 0 Å². The van der Waals surface area contributed by atoms with Crippen LogP contribution in [0.4, 0.5) is 21.8 Å². The average molecular weight is 493 g/mol. The maximum absolute atomic E-state index is 14.3. The molecule has 0 fully saturated rings. The van der Waals surface area contributed by atoms with Gasteiger partial charge in [-0.3, -0.25) is 4.98 Å². The molecule has 0 amide bonds. The van der Waals surface area contributed by atoms with E-state index >= 15 is 0 Å². The van der Waals surface area contributed by atoms with Gasteiger partial charge in [-0.25, -0.2) is 9.37 Å². The third-order valence-electron chi connectivity index (χ3n) is 4.19. The first kappa shape index (κ1) is 20.4. The molecule has 0 spiro atoms. The fourth-order valence-electron chi connectivity index (χ4n) is 2.56. The van der Waals surface area contributed by atoms with E-state index in [-0.39, 0.29) is 24.4 Å². The lowest BCUT2D eigenvalue weighted by atomic mass is 10.1. The van der Waals surface area contributed by atoms with Crippen LogP contribution in [0.1, 0.15) is 13.8 Å². The summed E-state index contributed by atoms with van der Waals surface area (Å²) in [4.78, 5) is 13.1. The van der Waals surface area contributed by atoms with Crippen molar-refractivity contribution in [3.05, 3.63) is 58.2 Å². The minimum atomic E-state index is -0.363. The highest BCUT2D eigenvalue weighted by atomic mass is 127. The zero-order valence-electron chi connectivity index (χ0n) is 15.5. The molecule has 0 unspecified atom stereocenters. The summed E-state index contributed by atoms with van der Waals surface area (Å²) in [6, 6.07) is 10.2. The van der Waals surface area contributed by atoms with Crippen molar-refractivity contribution in [2.45, 2.75) is 19.9 Å². The molecule has 1 aromatic carbocycles. The lowest BCUT2D eigenvalue weighted by Crippen LogP contribution is -2.30. The number of pyridine rings is 1. The van der Waals surface area contributed by atoms with Crippen molar-refractivity contribution in [3.8, 4) is 11.3 Å². The van der Waals surface area contributed by atoms with Crippen LogP contribution in [0.2, 0.25) is 0 Å². The molecule has 2 heterocycles. The summed E-state index contributed by atoms with van der Waals surface area (Å²) in [6.45, 7) is 3.95. The zero-order valence-corrected chi connectivity index (χ0v) is 17.7. The number of aliphatic hydroxyl groups is 1. The van der Waals surface area contributed by atoms with Crippen LogP contribution in [0.25, 0.3) is 11.3 Å². The molecule has 0 saturated carbocycles. The summed E-state index contributed by atoms with van der Waals surface area (Å²) >= 11 is 2.06. The van der Waals surface area contributed by atoms with Gasteiger partial charge in [-0.05, 0) is 58.8 Å². The zero-order chi connectivity index (χ0) is 20.1. The Morgan fingerprint density at radius 2 is 2.00 bits per heavy atom. The highest BCUT2D eigenvalue weighted by Crippen LogP contribution is 2.25. The molecule has 0 aliphatic heterocycles. The van der Waals surface area contributed by atoms with E-state index in [4.69, 9.17) is 0 Å². The third kappa shape index (κ3) is 5.14. The molecule has 6 nitrogen and oxygen atoms in total. The molecule has 28 heavy (non-hydrogen) atoms. The monoisotopic (exact) mass is 493 g/mol. The average Bonchev–Trinajstić information content (AvgIpc) is 2.68. The Labute approximate surface area is 176 Å². The number of aliphatic hydroxyl groups excluding tert-OH is 1. The maximum Gasteiger partial charge on any atom is 0.225 e. The molecular formula is C20H21FIN5O. The number of rotatable bonds is 7. The number of benzene rings is 1. The van der Waals surface area contributed by atoms with Crippen LogP contribution in [-0.4, -0.2) is 32.7 Å². The lowest BCUT2D eigenvalue weighted by Gasteiger charge is -2.20. The Balaban J connectivity index is 1.99. The van der Waals surface area contributed by atoms with Crippen molar-refractivity contribution in [1.29, 1.82) is 0 Å². The van der Waals surface area contributed by atoms with Gasteiger partial charge in [0, 0.05) is 27.6 Å². The first-order valence-electron chi connectivity index (χ1n) is 8.85. The lowest BCUT2D eigenvalue weighted by molar-refractivity contribution is 0.248. The second-order valence-electron chi connectivity index (χ2n) is 6.63. The highest BCUT2D eigenvalue weighted by molar-refractivity contribution is 14.1. The maximum atomic E-state index is 14.3. The summed E-state index contributed by atoms with van der Waals surface area (Å²) in [5, 5.41) is 15.8. The highest BCUT2D eigenvalue weighted by Gasteiger charge is 2.15. The van der Waals surface area contributed by atoms with Crippen molar-refractivity contribution in [3.63, 3.8) is 0 Å². The Morgan fingerprint density at radius 1 is 1.18 bits per heavy atom. The Kier molecular flexibility index (Phi) is 6.74. The minimum absolute atomic E-state index is 0.0489. The van der Waals surface area contributed by atoms with Gasteiger partial charge in [0.1, 0.15) is 11.6 Å². The van der Waals surface area contributed by atoms with Crippen molar-refractivity contribution in [1.82, 2.24) is 15.0 Å². The van der Waals surface area contributed by atoms with Crippen LogP contribution in [0, 0.1) is 15.3 Å². The quantitative estimate of drug-likeness (QED) is 0.422. The number of hydrogen-bond donors (Lipinski definition) is 3. The van der Waals surface area contributed by atoms with Gasteiger partial charge < -0.3 is 15.7 Å². The Hall–Kier alpha value is -2.33. The van der Waals surface area contributed by atoms with Crippen molar-refractivity contribution >= 4 is 40.0 Å². The van der Waals surface area contributed by atoms with Crippen molar-refractivity contribution < 1.29 is 9.50 Å². The first-order chi connectivity index (χ1) is 13.5. The molecule has 0 radical (unpaired) electrons. The molecule has 146 valence electrons. The van der Waals surface area contributed by atoms with Crippen molar-refractivity contribution in [2.75, 3.05) is 17.2 Å². The summed E-state index contributed by atoms with van der Waals surface area (Å²) in [5.41, 5.74) is 1.77. The number of hydrogen-bond acceptors (Lipinski definition) is 6. The SMILES string of the molecule is CC(C)[C@@H](CO)Nc1nc(Nc2ccc(I)cc2F)cc(-c2cccnc2)n1. The normalized spacial score (nSPS) is 12.1. The van der Waals surface area contributed by atoms with Crippen LogP contribution in [-0.2, 0) is 0 Å². The second-order valence-corrected chi connectivity index (χ2v) is 7.88. The van der Waals surface area contributed by atoms with Gasteiger partial charge in [0.05, 0.1) is 24.0 Å². The Morgan fingerprint density at radius 3 is 2.64 bits per heavy atom. The second kappa shape index (κ2) is 9.24. The molecule has 3 aromatic rings. The molecule has 8 heteroatoms. The van der Waals surface area contributed by atoms with Gasteiger partial charge in [-0.15, -0.1) is 0 Å². The van der Waals surface area contributed by atoms with Gasteiger partial charge in [0.25, 0.3) is 0 Å². The molecule has 3 rings (SSSR count). The molecule has 3 N–H and O–H groups in total. The number of nitrogens with one attached hydrogen (secondary N) is 2. The van der Waals surface area contributed by atoms with Crippen LogP contribution in [0.15, 0.2) is 48.8 Å². The smallest absolute Gasteiger partial charge is 0.225 e. The van der Waals surface area contributed by atoms with Crippen LogP contribution < -0.4 is 10.6 Å². The number of nitrogens with zero attached hydrogens (tertiary/aromatic N) is 3. The van der Waals surface area contributed by atoms with E-state index in [9.17, 15) is 9.50 Å². The van der Waals surface area contributed by atoms with Gasteiger partial charge in [-0.2, -0.15) is 4.98 Å². The van der Waals surface area contributed by atoms with Crippen molar-refractivity contribution in [2.24, 2.45) is 5.92 Å². The van der Waals surface area contributed by atoms with Gasteiger partial charge in [0.15, 0.2) is 0 Å². The van der Waals surface area contributed by atoms with E-state index in [1.165, 1.54) is 6.07 Å².